The minimum atomic E-state index is -0.591. The van der Waals surface area contributed by atoms with Crippen LogP contribution in [0.15, 0.2) is 18.3 Å². The Hall–Kier alpha value is -1.96. The lowest BCUT2D eigenvalue weighted by Gasteiger charge is -2.23. The second-order valence-electron chi connectivity index (χ2n) is 6.64. The third kappa shape index (κ3) is 4.75. The molecule has 1 atom stereocenters. The number of β-amino-alcohol motifs (C(OH)–C–C–N with tert-alkyl or cyclic N) is 1. The number of nitrogens with zero attached hydrogens (tertiary/aromatic N) is 2. The first-order chi connectivity index (χ1) is 10.8. The van der Waals surface area contributed by atoms with Crippen molar-refractivity contribution in [3.05, 3.63) is 23.9 Å². The lowest BCUT2D eigenvalue weighted by Crippen LogP contribution is -2.42. The normalized spacial score (nSPS) is 13.1. The van der Waals surface area contributed by atoms with Gasteiger partial charge in [0.05, 0.1) is 6.20 Å². The zero-order valence-corrected chi connectivity index (χ0v) is 14.1. The smallest absolute Gasteiger partial charge is 0.170 e. The van der Waals surface area contributed by atoms with Crippen LogP contribution < -0.4 is 21.3 Å². The van der Waals surface area contributed by atoms with Gasteiger partial charge in [0.25, 0.3) is 0 Å². The van der Waals surface area contributed by atoms with E-state index < -0.39 is 6.10 Å². The monoisotopic (exact) mass is 319 g/mol. The number of aliphatic hydroxyl groups excluding tert-OH is 1. The van der Waals surface area contributed by atoms with E-state index in [4.69, 9.17) is 10.6 Å². The Morgan fingerprint density at radius 3 is 2.74 bits per heavy atom. The van der Waals surface area contributed by atoms with Crippen molar-refractivity contribution in [2.75, 3.05) is 18.6 Å². The molecule has 7 nitrogen and oxygen atoms in total. The van der Waals surface area contributed by atoms with E-state index in [2.05, 4.69) is 41.7 Å². The average Bonchev–Trinajstić information content (AvgIpc) is 2.49. The van der Waals surface area contributed by atoms with Crippen molar-refractivity contribution in [1.82, 2.24) is 15.5 Å². The van der Waals surface area contributed by atoms with Gasteiger partial charge in [-0.1, -0.05) is 0 Å². The predicted molar refractivity (Wildman–Crippen MR) is 91.3 cm³/mol. The fourth-order valence-corrected chi connectivity index (χ4v) is 2.16. The van der Waals surface area contributed by atoms with E-state index in [-0.39, 0.29) is 12.1 Å². The molecule has 0 saturated carbocycles. The van der Waals surface area contributed by atoms with Crippen LogP contribution >= 0.6 is 0 Å². The minimum absolute atomic E-state index is 0.0415. The molecule has 1 heterocycles. The number of nitrogens with two attached hydrogens (primary N) is 1. The van der Waals surface area contributed by atoms with Gasteiger partial charge in [-0.2, -0.15) is 5.10 Å². The number of nitrogens with one attached hydrogen (secondary N) is 2. The van der Waals surface area contributed by atoms with Gasteiger partial charge in [-0.25, -0.2) is 5.84 Å². The highest BCUT2D eigenvalue weighted by Crippen LogP contribution is 2.28. The lowest BCUT2D eigenvalue weighted by atomic mass is 10.1. The van der Waals surface area contributed by atoms with Crippen LogP contribution in [0.25, 0.3) is 10.8 Å². The molecule has 0 aliphatic heterocycles. The van der Waals surface area contributed by atoms with Crippen molar-refractivity contribution < 1.29 is 9.84 Å². The molecular formula is C16H25N5O2. The summed E-state index contributed by atoms with van der Waals surface area (Å²) in [5.41, 5.74) is 3.45. The first kappa shape index (κ1) is 17.4. The number of hydrogen-bond donors (Lipinski definition) is 4. The first-order valence-electron chi connectivity index (χ1n) is 7.58. The van der Waals surface area contributed by atoms with Crippen molar-refractivity contribution in [1.29, 1.82) is 0 Å². The third-order valence-electron chi connectivity index (χ3n) is 3.39. The number of fused-ring (bicyclic) bond motifs is 1. The molecule has 0 aliphatic rings. The molecule has 0 saturated heterocycles. The van der Waals surface area contributed by atoms with E-state index in [9.17, 15) is 5.11 Å². The van der Waals surface area contributed by atoms with Crippen LogP contribution in [0.2, 0.25) is 0 Å². The number of hydrogen-bond acceptors (Lipinski definition) is 7. The molecule has 1 aromatic carbocycles. The van der Waals surface area contributed by atoms with Crippen LogP contribution in [0.5, 0.6) is 5.75 Å². The fraction of sp³-hybridized carbons (Fsp3) is 0.500. The molecule has 23 heavy (non-hydrogen) atoms. The molecule has 2 rings (SSSR count). The number of rotatable bonds is 6. The largest absolute Gasteiger partial charge is 0.491 e. The van der Waals surface area contributed by atoms with E-state index in [1.165, 1.54) is 0 Å². The second kappa shape index (κ2) is 7.08. The number of aryl methyl sites for hydroxylation is 1. The molecule has 5 N–H and O–H groups in total. The molecule has 0 bridgehead atoms. The van der Waals surface area contributed by atoms with Gasteiger partial charge >= 0.3 is 0 Å². The van der Waals surface area contributed by atoms with Gasteiger partial charge in [-0.3, -0.25) is 0 Å². The Balaban J connectivity index is 2.09. The zero-order chi connectivity index (χ0) is 17.0. The minimum Gasteiger partial charge on any atom is -0.491 e. The molecule has 0 fully saturated rings. The number of ether oxygens (including phenoxy) is 1. The quantitative estimate of drug-likeness (QED) is 0.470. The summed E-state index contributed by atoms with van der Waals surface area (Å²) in [7, 11) is 0. The first-order valence-corrected chi connectivity index (χ1v) is 7.58. The second-order valence-corrected chi connectivity index (χ2v) is 6.64. The number of benzene rings is 1. The Morgan fingerprint density at radius 1 is 1.35 bits per heavy atom. The van der Waals surface area contributed by atoms with Gasteiger partial charge in [-0.15, -0.1) is 5.10 Å². The van der Waals surface area contributed by atoms with Gasteiger partial charge in [-0.05, 0) is 45.4 Å². The van der Waals surface area contributed by atoms with Crippen LogP contribution in [0.4, 0.5) is 5.82 Å². The van der Waals surface area contributed by atoms with Crippen molar-refractivity contribution in [3.8, 4) is 5.75 Å². The van der Waals surface area contributed by atoms with Gasteiger partial charge in [0.1, 0.15) is 18.5 Å². The van der Waals surface area contributed by atoms with Crippen LogP contribution in [0.1, 0.15) is 26.3 Å². The Bertz CT molecular complexity index is 669. The molecule has 2 aromatic rings. The van der Waals surface area contributed by atoms with Gasteiger partial charge in [0, 0.05) is 22.9 Å². The maximum absolute atomic E-state index is 10.0. The lowest BCUT2D eigenvalue weighted by molar-refractivity contribution is 0.0998. The number of hydrazine groups is 1. The summed E-state index contributed by atoms with van der Waals surface area (Å²) >= 11 is 0. The van der Waals surface area contributed by atoms with Gasteiger partial charge in [0.2, 0.25) is 0 Å². The highest BCUT2D eigenvalue weighted by atomic mass is 16.5. The fourth-order valence-electron chi connectivity index (χ4n) is 2.16. The number of aromatic nitrogens is 2. The summed E-state index contributed by atoms with van der Waals surface area (Å²) in [5.74, 6) is 6.64. The topological polar surface area (TPSA) is 105 Å². The molecular weight excluding hydrogens is 294 g/mol. The van der Waals surface area contributed by atoms with Gasteiger partial charge in [0.15, 0.2) is 5.82 Å². The summed E-state index contributed by atoms with van der Waals surface area (Å²) in [5, 5.41) is 22.9. The molecule has 0 amide bonds. The summed E-state index contributed by atoms with van der Waals surface area (Å²) < 4.78 is 5.76. The molecule has 0 spiro atoms. The average molecular weight is 319 g/mol. The van der Waals surface area contributed by atoms with Crippen LogP contribution in [0.3, 0.4) is 0 Å². The number of aliphatic hydroxyl groups is 1. The Morgan fingerprint density at radius 2 is 2.09 bits per heavy atom. The highest BCUT2D eigenvalue weighted by Gasteiger charge is 2.14. The van der Waals surface area contributed by atoms with Crippen molar-refractivity contribution in [3.63, 3.8) is 0 Å². The van der Waals surface area contributed by atoms with Gasteiger partial charge < -0.3 is 20.6 Å². The maximum atomic E-state index is 10.0. The Kier molecular flexibility index (Phi) is 5.35. The molecule has 0 radical (unpaired) electrons. The SMILES string of the molecule is Cc1cc2cnnc(NN)c2cc1OCC(O)CNC(C)(C)C. The molecule has 1 aromatic heterocycles. The standard InChI is InChI=1S/C16H25N5O2/c1-10-5-11-7-19-21-15(20-17)13(11)6-14(10)23-9-12(22)8-18-16(2,3)4/h5-7,12,18,22H,8-9,17H2,1-4H3,(H,20,21). The summed E-state index contributed by atoms with van der Waals surface area (Å²) in [6.45, 7) is 8.78. The predicted octanol–water partition coefficient (Wildman–Crippen LogP) is 1.35. The van der Waals surface area contributed by atoms with Crippen molar-refractivity contribution >= 4 is 16.6 Å². The van der Waals surface area contributed by atoms with E-state index in [1.807, 2.05) is 19.1 Å². The number of nitrogen functional groups attached to an aromatic ring is 1. The number of anilines is 1. The molecule has 126 valence electrons. The summed E-state index contributed by atoms with van der Waals surface area (Å²) in [6, 6.07) is 3.82. The molecule has 1 unspecified atom stereocenters. The zero-order valence-electron chi connectivity index (χ0n) is 14.1. The van der Waals surface area contributed by atoms with E-state index in [0.29, 0.717) is 18.1 Å². The van der Waals surface area contributed by atoms with E-state index in [1.54, 1.807) is 6.20 Å². The van der Waals surface area contributed by atoms with Crippen LogP contribution in [-0.2, 0) is 0 Å². The maximum Gasteiger partial charge on any atom is 0.170 e. The van der Waals surface area contributed by atoms with Crippen molar-refractivity contribution in [2.24, 2.45) is 5.84 Å². The van der Waals surface area contributed by atoms with Crippen LogP contribution in [0, 0.1) is 6.92 Å². The molecule has 0 aliphatic carbocycles. The van der Waals surface area contributed by atoms with Crippen LogP contribution in [-0.4, -0.2) is 40.1 Å². The van der Waals surface area contributed by atoms with Crippen molar-refractivity contribution in [2.45, 2.75) is 39.3 Å². The molecule has 7 heteroatoms. The van der Waals surface area contributed by atoms with E-state index in [0.717, 1.165) is 16.3 Å². The van der Waals surface area contributed by atoms with E-state index >= 15 is 0 Å². The highest BCUT2D eigenvalue weighted by molar-refractivity contribution is 5.92. The Labute approximate surface area is 136 Å². The summed E-state index contributed by atoms with van der Waals surface area (Å²) in [6.07, 6.45) is 1.08. The summed E-state index contributed by atoms with van der Waals surface area (Å²) in [4.78, 5) is 0. The third-order valence-corrected chi connectivity index (χ3v) is 3.39.